The Hall–Kier alpha value is -3.52. The number of amides is 2. The summed E-state index contributed by atoms with van der Waals surface area (Å²) in [5, 5.41) is 20.1. The van der Waals surface area contributed by atoms with Crippen molar-refractivity contribution in [2.24, 2.45) is 17.6 Å². The van der Waals surface area contributed by atoms with Gasteiger partial charge in [-0.15, -0.1) is 0 Å². The number of hydrogen-bond acceptors (Lipinski definition) is 5. The summed E-state index contributed by atoms with van der Waals surface area (Å²) in [4.78, 5) is 24.5. The van der Waals surface area contributed by atoms with Gasteiger partial charge < -0.3 is 21.8 Å². The molecule has 1 atom stereocenters. The molecule has 1 saturated heterocycles. The third-order valence-electron chi connectivity index (χ3n) is 6.08. The zero-order valence-electron chi connectivity index (χ0n) is 18.1. The minimum Gasteiger partial charge on any atom is -0.366 e. The van der Waals surface area contributed by atoms with Crippen molar-refractivity contribution in [3.8, 4) is 5.69 Å². The van der Waals surface area contributed by atoms with E-state index < -0.39 is 11.8 Å². The highest BCUT2D eigenvalue weighted by Crippen LogP contribution is 2.23. The first kappa shape index (κ1) is 21.7. The molecule has 0 saturated carbocycles. The van der Waals surface area contributed by atoms with Crippen LogP contribution in [-0.4, -0.2) is 40.4 Å². The predicted octanol–water partition coefficient (Wildman–Crippen LogP) is 3.11. The summed E-state index contributed by atoms with van der Waals surface area (Å²) in [6, 6.07) is 12.6. The van der Waals surface area contributed by atoms with Crippen LogP contribution in [0.15, 0.2) is 48.7 Å². The summed E-state index contributed by atoms with van der Waals surface area (Å²) in [6.45, 7) is 3.75. The predicted molar refractivity (Wildman–Crippen MR) is 125 cm³/mol. The molecule has 8 heteroatoms. The fraction of sp³-hybridized carbons (Fsp3) is 0.333. The van der Waals surface area contributed by atoms with Crippen molar-refractivity contribution < 1.29 is 9.59 Å². The molecule has 0 unspecified atom stereocenters. The summed E-state index contributed by atoms with van der Waals surface area (Å²) >= 11 is 0. The average molecular weight is 433 g/mol. The Balaban J connectivity index is 1.48. The molecule has 5 N–H and O–H groups in total. The van der Waals surface area contributed by atoms with Crippen LogP contribution in [0.3, 0.4) is 0 Å². The molecule has 0 spiro atoms. The normalized spacial score (nSPS) is 15.4. The van der Waals surface area contributed by atoms with Gasteiger partial charge in [0.05, 0.1) is 17.2 Å². The van der Waals surface area contributed by atoms with E-state index in [-0.39, 0.29) is 11.8 Å². The second kappa shape index (κ2) is 9.32. The number of carbonyl (C=O) groups excluding carboxylic acids is 2. The molecule has 4 rings (SSSR count). The van der Waals surface area contributed by atoms with Gasteiger partial charge >= 0.3 is 0 Å². The van der Waals surface area contributed by atoms with Gasteiger partial charge in [-0.2, -0.15) is 5.10 Å². The maximum absolute atomic E-state index is 12.9. The Kier molecular flexibility index (Phi) is 6.32. The third kappa shape index (κ3) is 4.40. The fourth-order valence-electron chi connectivity index (χ4n) is 4.27. The first-order chi connectivity index (χ1) is 15.5. The molecule has 2 heterocycles. The highest BCUT2D eigenvalue weighted by Gasteiger charge is 2.28. The van der Waals surface area contributed by atoms with E-state index in [2.05, 4.69) is 15.7 Å². The number of hydrogen-bond donors (Lipinski definition) is 4. The average Bonchev–Trinajstić information content (AvgIpc) is 3.25. The Morgan fingerprint density at radius 3 is 2.59 bits per heavy atom. The highest BCUT2D eigenvalue weighted by molar-refractivity contribution is 6.09. The maximum Gasteiger partial charge on any atom is 0.250 e. The molecule has 0 aliphatic carbocycles. The Bertz CT molecular complexity index is 1150. The SMILES string of the molecule is CC[C@@H](C(=N)C1CCNCC1)C(=O)Nc1ccc(-n2cc3cccc(C(N)=O)c3n2)cc1. The van der Waals surface area contributed by atoms with E-state index in [1.807, 2.05) is 43.5 Å². The molecule has 0 bridgehead atoms. The molecular formula is C24H28N6O2. The number of benzene rings is 2. The van der Waals surface area contributed by atoms with Crippen molar-refractivity contribution in [1.29, 1.82) is 5.41 Å². The van der Waals surface area contributed by atoms with E-state index >= 15 is 0 Å². The van der Waals surface area contributed by atoms with Crippen molar-refractivity contribution in [1.82, 2.24) is 15.1 Å². The Morgan fingerprint density at radius 1 is 1.22 bits per heavy atom. The van der Waals surface area contributed by atoms with Gasteiger partial charge in [-0.05, 0) is 68.6 Å². The van der Waals surface area contributed by atoms with Crippen LogP contribution >= 0.6 is 0 Å². The smallest absolute Gasteiger partial charge is 0.250 e. The standard InChI is InChI=1S/C24H28N6O2/c1-2-19(21(25)15-10-12-27-13-11-15)24(32)28-17-6-8-18(9-7-17)30-14-16-4-3-5-20(23(26)31)22(16)29-30/h3-9,14-15,19,25,27H,2,10-13H2,1H3,(H2,26,31)(H,28,32)/t19-/m0/s1. The van der Waals surface area contributed by atoms with Crippen LogP contribution in [0.5, 0.6) is 0 Å². The third-order valence-corrected chi connectivity index (χ3v) is 6.08. The first-order valence-corrected chi connectivity index (χ1v) is 11.0. The van der Waals surface area contributed by atoms with Crippen LogP contribution < -0.4 is 16.4 Å². The van der Waals surface area contributed by atoms with Gasteiger partial charge in [0.15, 0.2) is 0 Å². The van der Waals surface area contributed by atoms with Crippen LogP contribution in [0.25, 0.3) is 16.6 Å². The number of rotatable bonds is 7. The van der Waals surface area contributed by atoms with Crippen LogP contribution in [0, 0.1) is 17.2 Å². The van der Waals surface area contributed by atoms with Crippen molar-refractivity contribution >= 4 is 34.1 Å². The lowest BCUT2D eigenvalue weighted by Gasteiger charge is -2.27. The summed E-state index contributed by atoms with van der Waals surface area (Å²) in [5.74, 6) is -0.894. The second-order valence-corrected chi connectivity index (χ2v) is 8.16. The lowest BCUT2D eigenvalue weighted by atomic mass is 9.84. The Labute approximate surface area is 186 Å². The van der Waals surface area contributed by atoms with Gasteiger partial charge in [0.25, 0.3) is 5.91 Å². The van der Waals surface area contributed by atoms with Gasteiger partial charge in [-0.25, -0.2) is 4.68 Å². The number of piperidine rings is 1. The van der Waals surface area contributed by atoms with Crippen LogP contribution in [0.1, 0.15) is 36.5 Å². The van der Waals surface area contributed by atoms with E-state index in [4.69, 9.17) is 11.1 Å². The molecule has 1 aromatic heterocycles. The van der Waals surface area contributed by atoms with Crippen molar-refractivity contribution in [3.05, 3.63) is 54.2 Å². The topological polar surface area (TPSA) is 126 Å². The molecule has 3 aromatic rings. The van der Waals surface area contributed by atoms with Gasteiger partial charge in [-0.3, -0.25) is 9.59 Å². The fourth-order valence-corrected chi connectivity index (χ4v) is 4.27. The molecule has 2 aromatic carbocycles. The lowest BCUT2D eigenvalue weighted by Crippen LogP contribution is -2.38. The number of carbonyl (C=O) groups is 2. The molecular weight excluding hydrogens is 404 g/mol. The second-order valence-electron chi connectivity index (χ2n) is 8.16. The molecule has 1 fully saturated rings. The van der Waals surface area contributed by atoms with Crippen molar-refractivity contribution in [3.63, 3.8) is 0 Å². The van der Waals surface area contributed by atoms with E-state index in [0.717, 1.165) is 37.0 Å². The van der Waals surface area contributed by atoms with E-state index in [0.29, 0.717) is 28.9 Å². The highest BCUT2D eigenvalue weighted by atomic mass is 16.2. The lowest BCUT2D eigenvalue weighted by molar-refractivity contribution is -0.118. The largest absolute Gasteiger partial charge is 0.366 e. The minimum absolute atomic E-state index is 0.139. The number of nitrogens with two attached hydrogens (primary N) is 1. The minimum atomic E-state index is -0.514. The van der Waals surface area contributed by atoms with Gasteiger partial charge in [0.2, 0.25) is 5.91 Å². The van der Waals surface area contributed by atoms with Crippen molar-refractivity contribution in [2.75, 3.05) is 18.4 Å². The van der Waals surface area contributed by atoms with Crippen LogP contribution in [0.2, 0.25) is 0 Å². The number of primary amides is 1. The van der Waals surface area contributed by atoms with Gasteiger partial charge in [-0.1, -0.05) is 19.1 Å². The molecule has 32 heavy (non-hydrogen) atoms. The van der Waals surface area contributed by atoms with E-state index in [1.165, 1.54) is 0 Å². The summed E-state index contributed by atoms with van der Waals surface area (Å²) in [7, 11) is 0. The van der Waals surface area contributed by atoms with E-state index in [1.54, 1.807) is 16.8 Å². The molecule has 2 amide bonds. The molecule has 1 aliphatic rings. The number of nitrogens with one attached hydrogen (secondary N) is 3. The molecule has 166 valence electrons. The number of aromatic nitrogens is 2. The van der Waals surface area contributed by atoms with Crippen LogP contribution in [-0.2, 0) is 4.79 Å². The monoisotopic (exact) mass is 432 g/mol. The van der Waals surface area contributed by atoms with E-state index in [9.17, 15) is 9.59 Å². The zero-order valence-corrected chi connectivity index (χ0v) is 18.1. The molecule has 8 nitrogen and oxygen atoms in total. The summed E-state index contributed by atoms with van der Waals surface area (Å²) in [6.07, 6.45) is 4.26. The van der Waals surface area contributed by atoms with Gasteiger partial charge in [0.1, 0.15) is 5.52 Å². The first-order valence-electron chi connectivity index (χ1n) is 11.0. The maximum atomic E-state index is 12.9. The molecule has 1 aliphatic heterocycles. The number of nitrogens with zero attached hydrogens (tertiary/aromatic N) is 2. The Morgan fingerprint density at radius 2 is 1.94 bits per heavy atom. The summed E-state index contributed by atoms with van der Waals surface area (Å²) < 4.78 is 1.68. The molecule has 0 radical (unpaired) electrons. The number of anilines is 1. The summed E-state index contributed by atoms with van der Waals surface area (Å²) in [5.41, 5.74) is 8.39. The van der Waals surface area contributed by atoms with Crippen LogP contribution in [0.4, 0.5) is 5.69 Å². The number of fused-ring (bicyclic) bond motifs is 1. The quantitative estimate of drug-likeness (QED) is 0.428. The van der Waals surface area contributed by atoms with Gasteiger partial charge in [0, 0.05) is 23.0 Å². The van der Waals surface area contributed by atoms with Crippen molar-refractivity contribution in [2.45, 2.75) is 26.2 Å². The zero-order chi connectivity index (χ0) is 22.7.